The second-order valence-electron chi connectivity index (χ2n) is 10.2. The molecule has 0 aliphatic carbocycles. The summed E-state index contributed by atoms with van der Waals surface area (Å²) < 4.78 is 7.08. The lowest BCUT2D eigenvalue weighted by molar-refractivity contribution is 0.0305. The molecule has 40 heavy (non-hydrogen) atoms. The number of nitrogens with one attached hydrogen (secondary N) is 2. The van der Waals surface area contributed by atoms with Gasteiger partial charge in [0.2, 0.25) is 0 Å². The SMILES string of the molecule is CONC(=O)c1ccc(C)c(-n2ccnc(N[C@@H](c3cccc4ccccc34)[C@@H](C)CN3CCOCC3)c2=O)c1. The quantitative estimate of drug-likeness (QED) is 0.308. The zero-order valence-corrected chi connectivity index (χ0v) is 23.1. The van der Waals surface area contributed by atoms with E-state index in [4.69, 9.17) is 9.57 Å². The summed E-state index contributed by atoms with van der Waals surface area (Å²) in [6.45, 7) is 8.18. The zero-order valence-electron chi connectivity index (χ0n) is 23.1. The number of hydrogen-bond donors (Lipinski definition) is 2. The molecule has 5 rings (SSSR count). The molecule has 208 valence electrons. The molecule has 1 amide bonds. The van der Waals surface area contributed by atoms with Crippen molar-refractivity contribution in [2.45, 2.75) is 19.9 Å². The van der Waals surface area contributed by atoms with Crippen LogP contribution >= 0.6 is 0 Å². The second kappa shape index (κ2) is 12.4. The molecule has 9 heteroatoms. The molecule has 1 aromatic heterocycles. The Labute approximate surface area is 233 Å². The van der Waals surface area contributed by atoms with Crippen molar-refractivity contribution >= 4 is 22.5 Å². The van der Waals surface area contributed by atoms with Crippen LogP contribution in [0.2, 0.25) is 0 Å². The maximum Gasteiger partial charge on any atom is 0.297 e. The van der Waals surface area contributed by atoms with Crippen LogP contribution in [0.5, 0.6) is 0 Å². The van der Waals surface area contributed by atoms with Gasteiger partial charge in [0, 0.05) is 37.6 Å². The molecule has 1 saturated heterocycles. The summed E-state index contributed by atoms with van der Waals surface area (Å²) in [6.07, 6.45) is 3.23. The summed E-state index contributed by atoms with van der Waals surface area (Å²) in [5.74, 6) is 0.0131. The molecule has 0 spiro atoms. The van der Waals surface area contributed by atoms with Gasteiger partial charge in [0.25, 0.3) is 11.5 Å². The molecule has 0 unspecified atom stereocenters. The van der Waals surface area contributed by atoms with Crippen molar-refractivity contribution in [2.24, 2.45) is 5.92 Å². The third-order valence-corrected chi connectivity index (χ3v) is 7.44. The highest BCUT2D eigenvalue weighted by Crippen LogP contribution is 2.32. The van der Waals surface area contributed by atoms with E-state index < -0.39 is 5.91 Å². The van der Waals surface area contributed by atoms with Gasteiger partial charge in [0.05, 0.1) is 32.1 Å². The average Bonchev–Trinajstić information content (AvgIpc) is 2.97. The highest BCUT2D eigenvalue weighted by atomic mass is 16.6. The number of benzene rings is 3. The number of ether oxygens (including phenoxy) is 1. The monoisotopic (exact) mass is 541 g/mol. The number of amides is 1. The van der Waals surface area contributed by atoms with Crippen molar-refractivity contribution < 1.29 is 14.4 Å². The number of anilines is 1. The number of aryl methyl sites for hydroxylation is 1. The highest BCUT2D eigenvalue weighted by Gasteiger charge is 2.26. The summed E-state index contributed by atoms with van der Waals surface area (Å²) in [7, 11) is 1.38. The number of rotatable bonds is 9. The molecule has 0 bridgehead atoms. The first-order valence-electron chi connectivity index (χ1n) is 13.5. The van der Waals surface area contributed by atoms with E-state index >= 15 is 0 Å². The number of carbonyl (C=O) groups is 1. The fourth-order valence-electron chi connectivity index (χ4n) is 5.35. The van der Waals surface area contributed by atoms with Crippen LogP contribution in [0, 0.1) is 12.8 Å². The van der Waals surface area contributed by atoms with E-state index in [1.807, 2.05) is 25.1 Å². The van der Waals surface area contributed by atoms with E-state index in [-0.39, 0.29) is 23.3 Å². The largest absolute Gasteiger partial charge is 0.379 e. The molecule has 9 nitrogen and oxygen atoms in total. The molecule has 1 aliphatic heterocycles. The van der Waals surface area contributed by atoms with Gasteiger partial charge >= 0.3 is 0 Å². The van der Waals surface area contributed by atoms with E-state index in [2.05, 4.69) is 57.9 Å². The molecule has 2 heterocycles. The molecule has 3 aromatic carbocycles. The van der Waals surface area contributed by atoms with Gasteiger partial charge in [-0.1, -0.05) is 55.5 Å². The van der Waals surface area contributed by atoms with Gasteiger partial charge in [-0.2, -0.15) is 0 Å². The summed E-state index contributed by atoms with van der Waals surface area (Å²) >= 11 is 0. The minimum Gasteiger partial charge on any atom is -0.379 e. The molecule has 1 aliphatic rings. The van der Waals surface area contributed by atoms with Crippen molar-refractivity contribution in [3.05, 3.63) is 100 Å². The normalized spacial score (nSPS) is 15.5. The average molecular weight is 542 g/mol. The van der Waals surface area contributed by atoms with Crippen LogP contribution in [-0.4, -0.2) is 60.3 Å². The number of morpholine rings is 1. The Hall–Kier alpha value is -4.05. The van der Waals surface area contributed by atoms with Crippen LogP contribution in [0.1, 0.15) is 34.5 Å². The number of fused-ring (bicyclic) bond motifs is 1. The first kappa shape index (κ1) is 27.5. The summed E-state index contributed by atoms with van der Waals surface area (Å²) in [4.78, 5) is 37.9. The Morgan fingerprint density at radius 2 is 1.88 bits per heavy atom. The van der Waals surface area contributed by atoms with Gasteiger partial charge < -0.3 is 10.1 Å². The Balaban J connectivity index is 1.53. The highest BCUT2D eigenvalue weighted by molar-refractivity contribution is 5.94. The van der Waals surface area contributed by atoms with E-state index in [1.165, 1.54) is 11.7 Å². The third kappa shape index (κ3) is 5.91. The van der Waals surface area contributed by atoms with E-state index in [9.17, 15) is 9.59 Å². The number of aromatic nitrogens is 2. The second-order valence-corrected chi connectivity index (χ2v) is 10.2. The van der Waals surface area contributed by atoms with Crippen LogP contribution in [0.15, 0.2) is 77.9 Å². The topological polar surface area (TPSA) is 97.7 Å². The summed E-state index contributed by atoms with van der Waals surface area (Å²) in [6, 6.07) is 19.6. The molecule has 2 atom stereocenters. The lowest BCUT2D eigenvalue weighted by atomic mass is 9.90. The predicted molar refractivity (Wildman–Crippen MR) is 156 cm³/mol. The Bertz CT molecular complexity index is 1540. The van der Waals surface area contributed by atoms with Gasteiger partial charge in [0.15, 0.2) is 5.82 Å². The Morgan fingerprint density at radius 1 is 1.10 bits per heavy atom. The zero-order chi connectivity index (χ0) is 28.1. The molecular formula is C31H35N5O4. The fourth-order valence-corrected chi connectivity index (χ4v) is 5.35. The lowest BCUT2D eigenvalue weighted by Gasteiger charge is -2.33. The van der Waals surface area contributed by atoms with E-state index in [0.29, 0.717) is 11.3 Å². The van der Waals surface area contributed by atoms with Crippen LogP contribution in [0.25, 0.3) is 16.5 Å². The number of hydroxylamine groups is 1. The predicted octanol–water partition coefficient (Wildman–Crippen LogP) is 4.11. The minimum atomic E-state index is -0.392. The van der Waals surface area contributed by atoms with Crippen molar-refractivity contribution in [1.29, 1.82) is 0 Å². The van der Waals surface area contributed by atoms with Crippen LogP contribution < -0.4 is 16.4 Å². The van der Waals surface area contributed by atoms with E-state index in [0.717, 1.165) is 54.7 Å². The Kier molecular flexibility index (Phi) is 8.54. The third-order valence-electron chi connectivity index (χ3n) is 7.44. The standard InChI is InChI=1S/C31H35N5O4/c1-21-11-12-24(30(37)34-39-3)19-27(21)36-14-13-32-29(31(36)38)33-28(22(2)20-35-15-17-40-18-16-35)26-10-6-8-23-7-4-5-9-25(23)26/h4-14,19,22,28H,15-18,20H2,1-3H3,(H,32,33)(H,34,37)/t22-,28+/m0/s1. The maximum atomic E-state index is 13.9. The van der Waals surface area contributed by atoms with Crippen molar-refractivity contribution in [3.8, 4) is 5.69 Å². The number of carbonyl (C=O) groups excluding carboxylic acids is 1. The lowest BCUT2D eigenvalue weighted by Crippen LogP contribution is -2.41. The van der Waals surface area contributed by atoms with Crippen molar-refractivity contribution in [3.63, 3.8) is 0 Å². The minimum absolute atomic E-state index is 0.154. The van der Waals surface area contributed by atoms with Crippen LogP contribution in [0.3, 0.4) is 0 Å². The molecule has 2 N–H and O–H groups in total. The molecule has 0 radical (unpaired) electrons. The maximum absolute atomic E-state index is 13.9. The Morgan fingerprint density at radius 3 is 2.67 bits per heavy atom. The van der Waals surface area contributed by atoms with Gasteiger partial charge in [-0.05, 0) is 46.9 Å². The van der Waals surface area contributed by atoms with Crippen molar-refractivity contribution in [2.75, 3.05) is 45.3 Å². The fraction of sp³-hybridized carbons (Fsp3) is 0.323. The van der Waals surface area contributed by atoms with Gasteiger partial charge in [0.1, 0.15) is 0 Å². The summed E-state index contributed by atoms with van der Waals surface area (Å²) in [5, 5.41) is 5.81. The number of nitrogens with zero attached hydrogens (tertiary/aromatic N) is 3. The van der Waals surface area contributed by atoms with E-state index in [1.54, 1.807) is 24.5 Å². The molecule has 0 saturated carbocycles. The smallest absolute Gasteiger partial charge is 0.297 e. The first-order chi connectivity index (χ1) is 19.5. The van der Waals surface area contributed by atoms with Crippen LogP contribution in [0.4, 0.5) is 5.82 Å². The van der Waals surface area contributed by atoms with Crippen LogP contribution in [-0.2, 0) is 9.57 Å². The number of hydrogen-bond acceptors (Lipinski definition) is 7. The van der Waals surface area contributed by atoms with Gasteiger partial charge in [-0.25, -0.2) is 10.5 Å². The molecule has 4 aromatic rings. The summed E-state index contributed by atoms with van der Waals surface area (Å²) in [5.41, 5.74) is 4.98. The van der Waals surface area contributed by atoms with Crippen molar-refractivity contribution in [1.82, 2.24) is 19.9 Å². The van der Waals surface area contributed by atoms with Gasteiger partial charge in [-0.15, -0.1) is 0 Å². The van der Waals surface area contributed by atoms with Gasteiger partial charge in [-0.3, -0.25) is 23.9 Å². The molecule has 1 fully saturated rings. The molecular weight excluding hydrogens is 506 g/mol. The first-order valence-corrected chi connectivity index (χ1v) is 13.5.